The molecule has 1 unspecified atom stereocenters. The molecule has 0 aromatic carbocycles. The minimum absolute atomic E-state index is 0.146. The molecule has 2 fully saturated rings. The third-order valence-electron chi connectivity index (χ3n) is 3.06. The normalized spacial score (nSPS) is 35.2. The highest BCUT2D eigenvalue weighted by molar-refractivity contribution is 4.92. The molecular formula is C9H16O2. The molecule has 0 bridgehead atoms. The van der Waals surface area contributed by atoms with Gasteiger partial charge in [0.1, 0.15) is 0 Å². The Bertz CT molecular complexity index is 138. The zero-order valence-electron chi connectivity index (χ0n) is 6.88. The third kappa shape index (κ3) is 1.30. The van der Waals surface area contributed by atoms with Crippen molar-refractivity contribution in [1.82, 2.24) is 0 Å². The van der Waals surface area contributed by atoms with Crippen molar-refractivity contribution >= 4 is 0 Å². The molecule has 1 atom stereocenters. The van der Waals surface area contributed by atoms with Crippen LogP contribution >= 0.6 is 0 Å². The first-order valence-corrected chi connectivity index (χ1v) is 4.63. The molecule has 2 heteroatoms. The predicted octanol–water partition coefficient (Wildman–Crippen LogP) is 1.47. The highest BCUT2D eigenvalue weighted by Gasteiger charge is 2.41. The van der Waals surface area contributed by atoms with E-state index >= 15 is 0 Å². The summed E-state index contributed by atoms with van der Waals surface area (Å²) in [6.45, 7) is 0.210. The summed E-state index contributed by atoms with van der Waals surface area (Å²) in [5, 5.41) is 8.88. The Balaban J connectivity index is 1.96. The zero-order chi connectivity index (χ0) is 7.73. The van der Waals surface area contributed by atoms with Crippen molar-refractivity contribution in [2.75, 3.05) is 6.61 Å². The molecule has 2 nitrogen and oxygen atoms in total. The van der Waals surface area contributed by atoms with Crippen molar-refractivity contribution in [3.05, 3.63) is 0 Å². The molecule has 1 N–H and O–H groups in total. The zero-order valence-corrected chi connectivity index (χ0v) is 6.88. The Kier molecular flexibility index (Phi) is 1.90. The van der Waals surface area contributed by atoms with E-state index in [2.05, 4.69) is 0 Å². The molecule has 2 rings (SSSR count). The number of aliphatic hydroxyl groups is 1. The number of hydrogen-bond acceptors (Lipinski definition) is 2. The summed E-state index contributed by atoms with van der Waals surface area (Å²) in [6, 6.07) is 0. The van der Waals surface area contributed by atoms with Gasteiger partial charge < -0.3 is 9.84 Å². The van der Waals surface area contributed by atoms with Gasteiger partial charge in [0.05, 0.1) is 18.3 Å². The number of rotatable bonds is 1. The lowest BCUT2D eigenvalue weighted by Crippen LogP contribution is -2.25. The van der Waals surface area contributed by atoms with Crippen molar-refractivity contribution < 1.29 is 9.84 Å². The molecule has 0 radical (unpaired) electrons. The standard InChI is InChI=1S/C9H16O2/c10-7-8-3-6-9(11-8)4-1-2-5-9/h8,10H,1-7H2. The van der Waals surface area contributed by atoms with Crippen LogP contribution in [0.1, 0.15) is 38.5 Å². The lowest BCUT2D eigenvalue weighted by Gasteiger charge is -2.22. The summed E-state index contributed by atoms with van der Waals surface area (Å²) in [4.78, 5) is 0. The fraction of sp³-hybridized carbons (Fsp3) is 1.00. The van der Waals surface area contributed by atoms with Gasteiger partial charge in [0.15, 0.2) is 0 Å². The molecule has 1 saturated heterocycles. The Morgan fingerprint density at radius 3 is 2.55 bits per heavy atom. The van der Waals surface area contributed by atoms with E-state index in [1.54, 1.807) is 0 Å². The third-order valence-corrected chi connectivity index (χ3v) is 3.06. The summed E-state index contributed by atoms with van der Waals surface area (Å²) in [6.07, 6.45) is 7.48. The van der Waals surface area contributed by atoms with Gasteiger partial charge >= 0.3 is 0 Å². The topological polar surface area (TPSA) is 29.5 Å². The molecule has 64 valence electrons. The van der Waals surface area contributed by atoms with Crippen LogP contribution in [0.15, 0.2) is 0 Å². The Morgan fingerprint density at radius 2 is 2.00 bits per heavy atom. The fourth-order valence-electron chi connectivity index (χ4n) is 2.41. The summed E-state index contributed by atoms with van der Waals surface area (Å²) in [7, 11) is 0. The molecule has 1 aliphatic carbocycles. The van der Waals surface area contributed by atoms with Crippen LogP contribution in [0.5, 0.6) is 0 Å². The first kappa shape index (κ1) is 7.56. The van der Waals surface area contributed by atoms with Gasteiger partial charge in [-0.15, -0.1) is 0 Å². The first-order valence-electron chi connectivity index (χ1n) is 4.63. The monoisotopic (exact) mass is 156 g/mol. The average molecular weight is 156 g/mol. The van der Waals surface area contributed by atoms with E-state index in [-0.39, 0.29) is 18.3 Å². The second-order valence-corrected chi connectivity index (χ2v) is 3.85. The second-order valence-electron chi connectivity index (χ2n) is 3.85. The highest BCUT2D eigenvalue weighted by Crippen LogP contribution is 2.42. The molecule has 11 heavy (non-hydrogen) atoms. The van der Waals surface area contributed by atoms with Gasteiger partial charge in [0.25, 0.3) is 0 Å². The molecule has 1 aliphatic heterocycles. The Labute approximate surface area is 67.6 Å². The van der Waals surface area contributed by atoms with Gasteiger partial charge in [-0.3, -0.25) is 0 Å². The van der Waals surface area contributed by atoms with E-state index in [4.69, 9.17) is 9.84 Å². The van der Waals surface area contributed by atoms with Crippen LogP contribution in [0.2, 0.25) is 0 Å². The van der Waals surface area contributed by atoms with E-state index in [1.165, 1.54) is 32.1 Å². The maximum absolute atomic E-state index is 8.88. The van der Waals surface area contributed by atoms with Crippen molar-refractivity contribution in [2.24, 2.45) is 0 Å². The molecular weight excluding hydrogens is 140 g/mol. The van der Waals surface area contributed by atoms with E-state index in [1.807, 2.05) is 0 Å². The SMILES string of the molecule is OCC1CCC2(CCCC2)O1. The van der Waals surface area contributed by atoms with Gasteiger partial charge in [-0.2, -0.15) is 0 Å². The van der Waals surface area contributed by atoms with Crippen LogP contribution in [0.3, 0.4) is 0 Å². The summed E-state index contributed by atoms with van der Waals surface area (Å²) in [5.41, 5.74) is 0.202. The molecule has 0 amide bonds. The highest BCUT2D eigenvalue weighted by atomic mass is 16.5. The van der Waals surface area contributed by atoms with E-state index < -0.39 is 0 Å². The molecule has 2 aliphatic rings. The minimum atomic E-state index is 0.146. The summed E-state index contributed by atoms with van der Waals surface area (Å²) >= 11 is 0. The van der Waals surface area contributed by atoms with E-state index in [9.17, 15) is 0 Å². The van der Waals surface area contributed by atoms with Crippen LogP contribution in [-0.2, 0) is 4.74 Å². The summed E-state index contributed by atoms with van der Waals surface area (Å²) in [5.74, 6) is 0. The van der Waals surface area contributed by atoms with Crippen LogP contribution in [0, 0.1) is 0 Å². The Morgan fingerprint density at radius 1 is 1.27 bits per heavy atom. The number of aliphatic hydroxyl groups excluding tert-OH is 1. The Hall–Kier alpha value is -0.0800. The smallest absolute Gasteiger partial charge is 0.0814 e. The lowest BCUT2D eigenvalue weighted by atomic mass is 9.98. The predicted molar refractivity (Wildman–Crippen MR) is 42.4 cm³/mol. The van der Waals surface area contributed by atoms with Gasteiger partial charge in [0.2, 0.25) is 0 Å². The van der Waals surface area contributed by atoms with Crippen molar-refractivity contribution in [1.29, 1.82) is 0 Å². The van der Waals surface area contributed by atoms with Gasteiger partial charge in [0, 0.05) is 0 Å². The lowest BCUT2D eigenvalue weighted by molar-refractivity contribution is -0.0546. The van der Waals surface area contributed by atoms with Gasteiger partial charge in [-0.05, 0) is 25.7 Å². The van der Waals surface area contributed by atoms with E-state index in [0.29, 0.717) is 0 Å². The number of hydrogen-bond donors (Lipinski definition) is 1. The summed E-state index contributed by atoms with van der Waals surface area (Å²) < 4.78 is 5.81. The fourth-order valence-corrected chi connectivity index (χ4v) is 2.41. The second kappa shape index (κ2) is 2.76. The molecule has 0 aromatic rings. The van der Waals surface area contributed by atoms with Crippen LogP contribution in [-0.4, -0.2) is 23.4 Å². The van der Waals surface area contributed by atoms with Gasteiger partial charge in [-0.25, -0.2) is 0 Å². The van der Waals surface area contributed by atoms with Crippen LogP contribution in [0.25, 0.3) is 0 Å². The quantitative estimate of drug-likeness (QED) is 0.623. The van der Waals surface area contributed by atoms with Crippen LogP contribution in [0.4, 0.5) is 0 Å². The number of ether oxygens (including phenoxy) is 1. The average Bonchev–Trinajstić information content (AvgIpc) is 2.62. The maximum atomic E-state index is 8.88. The van der Waals surface area contributed by atoms with Crippen LogP contribution < -0.4 is 0 Å². The van der Waals surface area contributed by atoms with E-state index in [0.717, 1.165) is 6.42 Å². The maximum Gasteiger partial charge on any atom is 0.0814 e. The van der Waals surface area contributed by atoms with Crippen molar-refractivity contribution in [3.63, 3.8) is 0 Å². The van der Waals surface area contributed by atoms with Crippen molar-refractivity contribution in [3.8, 4) is 0 Å². The molecule has 0 aromatic heterocycles. The van der Waals surface area contributed by atoms with Crippen molar-refractivity contribution in [2.45, 2.75) is 50.2 Å². The first-order chi connectivity index (χ1) is 5.35. The molecule has 1 spiro atoms. The molecule has 1 heterocycles. The van der Waals surface area contributed by atoms with Gasteiger partial charge in [-0.1, -0.05) is 12.8 Å². The largest absolute Gasteiger partial charge is 0.394 e. The minimum Gasteiger partial charge on any atom is -0.394 e. The molecule has 1 saturated carbocycles.